The molecular weight excluding hydrogens is 184 g/mol. The van der Waals surface area contributed by atoms with Crippen molar-refractivity contribution < 1.29 is 0 Å². The molecule has 3 rings (SSSR count). The zero-order chi connectivity index (χ0) is 10.3. The van der Waals surface area contributed by atoms with Crippen molar-refractivity contribution in [3.05, 3.63) is 36.0 Å². The third-order valence-corrected chi connectivity index (χ3v) is 3.64. The molecular formula is C13H16N2. The molecule has 0 aliphatic heterocycles. The van der Waals surface area contributed by atoms with Crippen molar-refractivity contribution in [3.63, 3.8) is 0 Å². The van der Waals surface area contributed by atoms with Crippen LogP contribution in [0.5, 0.6) is 0 Å². The van der Waals surface area contributed by atoms with Crippen molar-refractivity contribution in [2.45, 2.75) is 24.7 Å². The molecule has 1 aromatic carbocycles. The number of aromatic nitrogens is 1. The monoisotopic (exact) mass is 200 g/mol. The minimum atomic E-state index is 0.411. The molecule has 1 aromatic heterocycles. The predicted molar refractivity (Wildman–Crippen MR) is 62.9 cm³/mol. The molecule has 1 aliphatic rings. The van der Waals surface area contributed by atoms with Crippen LogP contribution in [0.15, 0.2) is 30.5 Å². The minimum absolute atomic E-state index is 0.411. The Kier molecular flexibility index (Phi) is 1.86. The molecule has 0 radical (unpaired) electrons. The number of benzene rings is 1. The first-order chi connectivity index (χ1) is 7.34. The van der Waals surface area contributed by atoms with E-state index in [0.29, 0.717) is 5.41 Å². The van der Waals surface area contributed by atoms with E-state index in [1.54, 1.807) is 0 Å². The normalized spacial score (nSPS) is 18.2. The first kappa shape index (κ1) is 8.98. The van der Waals surface area contributed by atoms with Crippen molar-refractivity contribution in [1.82, 2.24) is 4.98 Å². The Bertz CT molecular complexity index is 480. The first-order valence-corrected chi connectivity index (χ1v) is 5.62. The van der Waals surface area contributed by atoms with Gasteiger partial charge < -0.3 is 10.7 Å². The Morgan fingerprint density at radius 1 is 1.27 bits per heavy atom. The zero-order valence-electron chi connectivity index (χ0n) is 8.79. The topological polar surface area (TPSA) is 41.8 Å². The Labute approximate surface area is 89.5 Å². The van der Waals surface area contributed by atoms with Gasteiger partial charge in [0.15, 0.2) is 0 Å². The number of hydrogen-bond acceptors (Lipinski definition) is 1. The molecule has 1 fully saturated rings. The molecule has 0 bridgehead atoms. The predicted octanol–water partition coefficient (Wildman–Crippen LogP) is 2.55. The Balaban J connectivity index is 2.04. The number of H-pyrrole nitrogens is 1. The van der Waals surface area contributed by atoms with Crippen molar-refractivity contribution in [2.24, 2.45) is 5.73 Å². The largest absolute Gasteiger partial charge is 0.361 e. The lowest BCUT2D eigenvalue weighted by atomic mass is 9.92. The number of nitrogens with one attached hydrogen (secondary N) is 1. The summed E-state index contributed by atoms with van der Waals surface area (Å²) in [5.41, 5.74) is 8.79. The van der Waals surface area contributed by atoms with Gasteiger partial charge in [0.25, 0.3) is 0 Å². The highest BCUT2D eigenvalue weighted by molar-refractivity contribution is 5.80. The van der Waals surface area contributed by atoms with Gasteiger partial charge >= 0.3 is 0 Å². The van der Waals surface area contributed by atoms with E-state index in [1.807, 2.05) is 6.20 Å². The molecule has 0 spiro atoms. The van der Waals surface area contributed by atoms with E-state index in [9.17, 15) is 0 Å². The van der Waals surface area contributed by atoms with Gasteiger partial charge in [-0.05, 0) is 54.3 Å². The number of fused-ring (bicyclic) bond motifs is 1. The van der Waals surface area contributed by atoms with Gasteiger partial charge in [-0.2, -0.15) is 0 Å². The Morgan fingerprint density at radius 3 is 2.87 bits per heavy atom. The highest BCUT2D eigenvalue weighted by Crippen LogP contribution is 2.51. The molecule has 78 valence electrons. The van der Waals surface area contributed by atoms with Crippen LogP contribution in [0, 0.1) is 0 Å². The van der Waals surface area contributed by atoms with Crippen LogP contribution in [0.2, 0.25) is 0 Å². The van der Waals surface area contributed by atoms with E-state index in [-0.39, 0.29) is 0 Å². The Hall–Kier alpha value is -1.28. The second-order valence-corrected chi connectivity index (χ2v) is 4.60. The van der Waals surface area contributed by atoms with Crippen LogP contribution in [0.3, 0.4) is 0 Å². The summed E-state index contributed by atoms with van der Waals surface area (Å²) in [6.07, 6.45) is 5.73. The van der Waals surface area contributed by atoms with E-state index in [0.717, 1.165) is 13.0 Å². The number of nitrogens with two attached hydrogens (primary N) is 1. The molecule has 1 saturated carbocycles. The average molecular weight is 200 g/mol. The molecule has 0 saturated heterocycles. The fourth-order valence-electron chi connectivity index (χ4n) is 2.49. The van der Waals surface area contributed by atoms with Gasteiger partial charge in [-0.15, -0.1) is 0 Å². The maximum atomic E-state index is 5.68. The Morgan fingerprint density at radius 2 is 2.13 bits per heavy atom. The van der Waals surface area contributed by atoms with E-state index in [4.69, 9.17) is 5.73 Å². The lowest BCUT2D eigenvalue weighted by Crippen LogP contribution is -2.13. The van der Waals surface area contributed by atoms with Gasteiger partial charge in [0.05, 0.1) is 0 Å². The third-order valence-electron chi connectivity index (χ3n) is 3.64. The fourth-order valence-corrected chi connectivity index (χ4v) is 2.49. The maximum absolute atomic E-state index is 5.68. The average Bonchev–Trinajstić information content (AvgIpc) is 2.89. The van der Waals surface area contributed by atoms with Gasteiger partial charge in [-0.25, -0.2) is 0 Å². The lowest BCUT2D eigenvalue weighted by Gasteiger charge is -2.14. The molecule has 0 amide bonds. The third kappa shape index (κ3) is 1.37. The molecule has 0 unspecified atom stereocenters. The maximum Gasteiger partial charge on any atom is 0.0456 e. The van der Waals surface area contributed by atoms with Gasteiger partial charge in [-0.1, -0.05) is 12.1 Å². The fraction of sp³-hybridized carbons (Fsp3) is 0.385. The summed E-state index contributed by atoms with van der Waals surface area (Å²) in [6.45, 7) is 0.794. The van der Waals surface area contributed by atoms with Crippen LogP contribution in [0.4, 0.5) is 0 Å². The van der Waals surface area contributed by atoms with Crippen molar-refractivity contribution in [2.75, 3.05) is 6.54 Å². The van der Waals surface area contributed by atoms with Crippen LogP contribution in [-0.2, 0) is 5.41 Å². The zero-order valence-corrected chi connectivity index (χ0v) is 8.79. The lowest BCUT2D eigenvalue weighted by molar-refractivity contribution is 0.630. The van der Waals surface area contributed by atoms with Gasteiger partial charge in [0.2, 0.25) is 0 Å². The summed E-state index contributed by atoms with van der Waals surface area (Å²) in [5.74, 6) is 0. The van der Waals surface area contributed by atoms with Crippen LogP contribution in [-0.4, -0.2) is 11.5 Å². The molecule has 0 atom stereocenters. The molecule has 2 nitrogen and oxygen atoms in total. The van der Waals surface area contributed by atoms with Crippen LogP contribution < -0.4 is 5.73 Å². The van der Waals surface area contributed by atoms with Gasteiger partial charge in [0.1, 0.15) is 0 Å². The van der Waals surface area contributed by atoms with Crippen molar-refractivity contribution in [3.8, 4) is 0 Å². The van der Waals surface area contributed by atoms with Crippen LogP contribution >= 0.6 is 0 Å². The summed E-state index contributed by atoms with van der Waals surface area (Å²) in [4.78, 5) is 3.27. The number of hydrogen-bond donors (Lipinski definition) is 2. The van der Waals surface area contributed by atoms with Gasteiger partial charge in [-0.3, -0.25) is 0 Å². The van der Waals surface area contributed by atoms with E-state index >= 15 is 0 Å². The number of rotatable bonds is 3. The van der Waals surface area contributed by atoms with E-state index in [1.165, 1.54) is 29.3 Å². The summed E-state index contributed by atoms with van der Waals surface area (Å²) >= 11 is 0. The quantitative estimate of drug-likeness (QED) is 0.785. The second kappa shape index (κ2) is 3.11. The highest BCUT2D eigenvalue weighted by Gasteiger charge is 2.43. The first-order valence-electron chi connectivity index (χ1n) is 5.62. The summed E-state index contributed by atoms with van der Waals surface area (Å²) < 4.78 is 0. The molecule has 2 heteroatoms. The van der Waals surface area contributed by atoms with Crippen molar-refractivity contribution in [1.29, 1.82) is 0 Å². The summed E-state index contributed by atoms with van der Waals surface area (Å²) in [7, 11) is 0. The standard InChI is InChI=1S/C13H16N2/c14-7-6-13(4-5-13)11-2-1-10-3-8-15-12(10)9-11/h1-3,8-9,15H,4-7,14H2. The molecule has 15 heavy (non-hydrogen) atoms. The molecule has 1 heterocycles. The number of aromatic amines is 1. The SMILES string of the molecule is NCCC1(c2ccc3cc[nH]c3c2)CC1. The van der Waals surface area contributed by atoms with Crippen LogP contribution in [0.25, 0.3) is 10.9 Å². The smallest absolute Gasteiger partial charge is 0.0456 e. The van der Waals surface area contributed by atoms with E-state index in [2.05, 4.69) is 29.2 Å². The van der Waals surface area contributed by atoms with Crippen LogP contribution in [0.1, 0.15) is 24.8 Å². The van der Waals surface area contributed by atoms with E-state index < -0.39 is 0 Å². The molecule has 3 N–H and O–H groups in total. The summed E-state index contributed by atoms with van der Waals surface area (Å²) in [6, 6.07) is 8.87. The minimum Gasteiger partial charge on any atom is -0.361 e. The van der Waals surface area contributed by atoms with Crippen molar-refractivity contribution >= 4 is 10.9 Å². The van der Waals surface area contributed by atoms with Gasteiger partial charge in [0, 0.05) is 11.7 Å². The molecule has 2 aromatic rings. The molecule has 1 aliphatic carbocycles. The summed E-state index contributed by atoms with van der Waals surface area (Å²) in [5, 5.41) is 1.29. The highest BCUT2D eigenvalue weighted by atomic mass is 14.7. The second-order valence-electron chi connectivity index (χ2n) is 4.60.